The summed E-state index contributed by atoms with van der Waals surface area (Å²) in [6.07, 6.45) is 1.66. The van der Waals surface area contributed by atoms with E-state index in [2.05, 4.69) is 4.72 Å². The molecule has 1 heterocycles. The third-order valence-electron chi connectivity index (χ3n) is 3.59. The Morgan fingerprint density at radius 1 is 1.43 bits per heavy atom. The maximum atomic E-state index is 12.3. The van der Waals surface area contributed by atoms with Crippen molar-refractivity contribution < 1.29 is 18.3 Å². The van der Waals surface area contributed by atoms with Crippen LogP contribution in [0, 0.1) is 0 Å². The van der Waals surface area contributed by atoms with Gasteiger partial charge in [0.15, 0.2) is 0 Å². The van der Waals surface area contributed by atoms with Crippen LogP contribution in [0.15, 0.2) is 29.2 Å². The standard InChI is InChI=1S/C14H20N2O4S/c1-2-15-21(19,20)13-8-4-3-7-12(13)16-9-5-6-11(16)10-14(17)18/h3-4,7-8,11,15H,2,5-6,9-10H2,1H3,(H,17,18). The summed E-state index contributed by atoms with van der Waals surface area (Å²) in [5, 5.41) is 8.99. The van der Waals surface area contributed by atoms with Crippen LogP contribution in [0.4, 0.5) is 5.69 Å². The van der Waals surface area contributed by atoms with E-state index in [0.29, 0.717) is 18.8 Å². The van der Waals surface area contributed by atoms with Gasteiger partial charge < -0.3 is 10.0 Å². The normalized spacial score (nSPS) is 18.9. The molecule has 1 atom stereocenters. The Morgan fingerprint density at radius 3 is 2.81 bits per heavy atom. The molecule has 6 nitrogen and oxygen atoms in total. The summed E-state index contributed by atoms with van der Waals surface area (Å²) < 4.78 is 27.1. The Balaban J connectivity index is 2.38. The summed E-state index contributed by atoms with van der Waals surface area (Å²) in [7, 11) is -3.57. The van der Waals surface area contributed by atoms with Gasteiger partial charge in [0, 0.05) is 19.1 Å². The molecule has 0 saturated carbocycles. The first-order chi connectivity index (χ1) is 9.95. The summed E-state index contributed by atoms with van der Waals surface area (Å²) in [5.74, 6) is -0.862. The molecule has 0 spiro atoms. The van der Waals surface area contributed by atoms with E-state index in [0.717, 1.165) is 12.8 Å². The lowest BCUT2D eigenvalue weighted by Gasteiger charge is -2.27. The second-order valence-corrected chi connectivity index (χ2v) is 6.79. The maximum absolute atomic E-state index is 12.3. The van der Waals surface area contributed by atoms with E-state index < -0.39 is 16.0 Å². The minimum Gasteiger partial charge on any atom is -0.481 e. The number of rotatable bonds is 6. The number of para-hydroxylation sites is 1. The van der Waals surface area contributed by atoms with Crippen molar-refractivity contribution in [2.75, 3.05) is 18.0 Å². The summed E-state index contributed by atoms with van der Waals surface area (Å²) in [5.41, 5.74) is 0.585. The second kappa shape index (κ2) is 6.44. The molecule has 0 radical (unpaired) electrons. The minimum atomic E-state index is -3.57. The number of sulfonamides is 1. The molecule has 1 unspecified atom stereocenters. The minimum absolute atomic E-state index is 0.0234. The van der Waals surface area contributed by atoms with E-state index in [4.69, 9.17) is 5.11 Å². The number of carboxylic acid groups (broad SMARTS) is 1. The van der Waals surface area contributed by atoms with Crippen LogP contribution in [0.2, 0.25) is 0 Å². The van der Waals surface area contributed by atoms with Crippen LogP contribution in [0.5, 0.6) is 0 Å². The second-order valence-electron chi connectivity index (χ2n) is 5.06. The Kier molecular flexibility index (Phi) is 4.84. The number of benzene rings is 1. The maximum Gasteiger partial charge on any atom is 0.305 e. The molecule has 2 rings (SSSR count). The predicted octanol–water partition coefficient (Wildman–Crippen LogP) is 1.43. The van der Waals surface area contributed by atoms with Gasteiger partial charge in [-0.15, -0.1) is 0 Å². The van der Waals surface area contributed by atoms with Gasteiger partial charge in [0.25, 0.3) is 0 Å². The van der Waals surface area contributed by atoms with Gasteiger partial charge in [0.2, 0.25) is 10.0 Å². The molecular formula is C14H20N2O4S. The van der Waals surface area contributed by atoms with E-state index in [1.54, 1.807) is 31.2 Å². The zero-order valence-electron chi connectivity index (χ0n) is 11.9. The molecule has 0 aromatic heterocycles. The van der Waals surface area contributed by atoms with Crippen molar-refractivity contribution in [2.45, 2.75) is 37.1 Å². The van der Waals surface area contributed by atoms with E-state index in [1.807, 2.05) is 4.90 Å². The molecule has 0 bridgehead atoms. The number of nitrogens with zero attached hydrogens (tertiary/aromatic N) is 1. The van der Waals surface area contributed by atoms with Gasteiger partial charge in [-0.05, 0) is 25.0 Å². The van der Waals surface area contributed by atoms with Crippen molar-refractivity contribution in [1.82, 2.24) is 4.72 Å². The molecule has 21 heavy (non-hydrogen) atoms. The van der Waals surface area contributed by atoms with Crippen LogP contribution in [0.3, 0.4) is 0 Å². The quantitative estimate of drug-likeness (QED) is 0.830. The average Bonchev–Trinajstić information content (AvgIpc) is 2.86. The highest BCUT2D eigenvalue weighted by atomic mass is 32.2. The number of carbonyl (C=O) groups is 1. The van der Waals surface area contributed by atoms with Crippen LogP contribution in [-0.2, 0) is 14.8 Å². The lowest BCUT2D eigenvalue weighted by Crippen LogP contribution is -2.33. The van der Waals surface area contributed by atoms with E-state index in [1.165, 1.54) is 0 Å². The Labute approximate surface area is 124 Å². The molecule has 2 N–H and O–H groups in total. The fourth-order valence-corrected chi connectivity index (χ4v) is 4.01. The van der Waals surface area contributed by atoms with Crippen LogP contribution in [-0.4, -0.2) is 38.6 Å². The van der Waals surface area contributed by atoms with E-state index in [9.17, 15) is 13.2 Å². The highest BCUT2D eigenvalue weighted by molar-refractivity contribution is 7.89. The van der Waals surface area contributed by atoms with Crippen molar-refractivity contribution in [3.63, 3.8) is 0 Å². The molecule has 1 aromatic carbocycles. The molecule has 1 aliphatic rings. The molecule has 0 aliphatic carbocycles. The molecule has 1 fully saturated rings. The fraction of sp³-hybridized carbons (Fsp3) is 0.500. The SMILES string of the molecule is CCNS(=O)(=O)c1ccccc1N1CCCC1CC(=O)O. The molecule has 1 aromatic rings. The molecule has 1 saturated heterocycles. The van der Waals surface area contributed by atoms with Gasteiger partial charge in [0.1, 0.15) is 4.90 Å². The highest BCUT2D eigenvalue weighted by Gasteiger charge is 2.30. The summed E-state index contributed by atoms with van der Waals surface area (Å²) in [6.45, 7) is 2.72. The average molecular weight is 312 g/mol. The third kappa shape index (κ3) is 3.54. The highest BCUT2D eigenvalue weighted by Crippen LogP contribution is 2.32. The molecule has 1 aliphatic heterocycles. The van der Waals surface area contributed by atoms with Crippen molar-refractivity contribution in [3.8, 4) is 0 Å². The van der Waals surface area contributed by atoms with E-state index >= 15 is 0 Å². The molecule has 7 heteroatoms. The summed E-state index contributed by atoms with van der Waals surface area (Å²) in [4.78, 5) is 13.1. The van der Waals surface area contributed by atoms with Gasteiger partial charge in [-0.2, -0.15) is 0 Å². The zero-order chi connectivity index (χ0) is 15.5. The van der Waals surface area contributed by atoms with Gasteiger partial charge in [-0.3, -0.25) is 4.79 Å². The lowest BCUT2D eigenvalue weighted by molar-refractivity contribution is -0.137. The molecule has 116 valence electrons. The van der Waals surface area contributed by atoms with Crippen LogP contribution in [0.25, 0.3) is 0 Å². The number of hydrogen-bond donors (Lipinski definition) is 2. The largest absolute Gasteiger partial charge is 0.481 e. The van der Waals surface area contributed by atoms with Crippen LogP contribution >= 0.6 is 0 Å². The number of nitrogens with one attached hydrogen (secondary N) is 1. The first kappa shape index (κ1) is 15.8. The van der Waals surface area contributed by atoms with Gasteiger partial charge in [-0.1, -0.05) is 19.1 Å². The van der Waals surface area contributed by atoms with Gasteiger partial charge >= 0.3 is 5.97 Å². The van der Waals surface area contributed by atoms with Crippen LogP contribution < -0.4 is 9.62 Å². The first-order valence-electron chi connectivity index (χ1n) is 7.03. The number of anilines is 1. The summed E-state index contributed by atoms with van der Waals surface area (Å²) >= 11 is 0. The Morgan fingerprint density at radius 2 is 2.14 bits per heavy atom. The number of aliphatic carboxylic acids is 1. The number of carboxylic acids is 1. The Bertz CT molecular complexity index is 615. The van der Waals surface area contributed by atoms with Crippen molar-refractivity contribution >= 4 is 21.7 Å². The predicted molar refractivity (Wildman–Crippen MR) is 79.9 cm³/mol. The zero-order valence-corrected chi connectivity index (χ0v) is 12.8. The monoisotopic (exact) mass is 312 g/mol. The lowest BCUT2D eigenvalue weighted by atomic mass is 10.1. The van der Waals surface area contributed by atoms with Crippen LogP contribution in [0.1, 0.15) is 26.2 Å². The molecular weight excluding hydrogens is 292 g/mol. The van der Waals surface area contributed by atoms with Gasteiger partial charge in [0.05, 0.1) is 12.1 Å². The van der Waals surface area contributed by atoms with Crippen molar-refractivity contribution in [2.24, 2.45) is 0 Å². The first-order valence-corrected chi connectivity index (χ1v) is 8.51. The fourth-order valence-electron chi connectivity index (χ4n) is 2.76. The topological polar surface area (TPSA) is 86.7 Å². The molecule has 0 amide bonds. The van der Waals surface area contributed by atoms with Crippen molar-refractivity contribution in [3.05, 3.63) is 24.3 Å². The Hall–Kier alpha value is -1.60. The smallest absolute Gasteiger partial charge is 0.305 e. The van der Waals surface area contributed by atoms with E-state index in [-0.39, 0.29) is 17.4 Å². The van der Waals surface area contributed by atoms with Crippen molar-refractivity contribution in [1.29, 1.82) is 0 Å². The third-order valence-corrected chi connectivity index (χ3v) is 5.18. The number of hydrogen-bond acceptors (Lipinski definition) is 4. The van der Waals surface area contributed by atoms with Gasteiger partial charge in [-0.25, -0.2) is 13.1 Å². The summed E-state index contributed by atoms with van der Waals surface area (Å²) in [6, 6.07) is 6.60.